The zero-order valence-corrected chi connectivity index (χ0v) is 14.0. The minimum absolute atomic E-state index is 0.182. The molecule has 2 heterocycles. The first-order valence-corrected chi connectivity index (χ1v) is 8.64. The fraction of sp³-hybridized carbons (Fsp3) is 0.462. The van der Waals surface area contributed by atoms with Crippen LogP contribution in [0.5, 0.6) is 0 Å². The van der Waals surface area contributed by atoms with Gasteiger partial charge in [-0.15, -0.1) is 22.7 Å². The van der Waals surface area contributed by atoms with Crippen molar-refractivity contribution in [2.75, 3.05) is 6.54 Å². The van der Waals surface area contributed by atoms with Gasteiger partial charge in [0.15, 0.2) is 0 Å². The Labute approximate surface area is 131 Å². The van der Waals surface area contributed by atoms with E-state index >= 15 is 0 Å². The molecular formula is C13H16Cl2N2S2. The number of thiophene rings is 1. The first-order valence-electron chi connectivity index (χ1n) is 6.19. The molecule has 0 aromatic carbocycles. The molecule has 0 radical (unpaired) electrons. The summed E-state index contributed by atoms with van der Waals surface area (Å²) in [5, 5.41) is 6.73. The highest BCUT2D eigenvalue weighted by molar-refractivity contribution is 7.20. The Morgan fingerprint density at radius 3 is 2.74 bits per heavy atom. The maximum absolute atomic E-state index is 6.27. The largest absolute Gasteiger partial charge is 0.310 e. The van der Waals surface area contributed by atoms with Crippen molar-refractivity contribution >= 4 is 45.9 Å². The SMILES string of the molecule is CCCNC(Cc1nc(C)cs1)c1cc(Cl)sc1Cl. The number of aryl methyl sites for hydroxylation is 1. The smallest absolute Gasteiger partial charge is 0.0992 e. The molecule has 2 aromatic heterocycles. The minimum atomic E-state index is 0.182. The van der Waals surface area contributed by atoms with E-state index in [1.807, 2.05) is 13.0 Å². The fourth-order valence-electron chi connectivity index (χ4n) is 1.87. The van der Waals surface area contributed by atoms with Crippen LogP contribution in [-0.2, 0) is 6.42 Å². The summed E-state index contributed by atoms with van der Waals surface area (Å²) in [7, 11) is 0. The summed E-state index contributed by atoms with van der Waals surface area (Å²) in [5.41, 5.74) is 2.15. The fourth-order valence-corrected chi connectivity index (χ4v) is 4.27. The maximum atomic E-state index is 6.27. The molecule has 2 nitrogen and oxygen atoms in total. The van der Waals surface area contributed by atoms with E-state index in [1.54, 1.807) is 11.3 Å². The third kappa shape index (κ3) is 4.17. The number of aromatic nitrogens is 1. The van der Waals surface area contributed by atoms with Crippen LogP contribution in [0.4, 0.5) is 0 Å². The van der Waals surface area contributed by atoms with E-state index in [0.717, 1.165) is 44.3 Å². The van der Waals surface area contributed by atoms with Gasteiger partial charge in [-0.2, -0.15) is 0 Å². The molecule has 1 unspecified atom stereocenters. The Morgan fingerprint density at radius 1 is 1.42 bits per heavy atom. The van der Waals surface area contributed by atoms with E-state index in [4.69, 9.17) is 23.2 Å². The van der Waals surface area contributed by atoms with Crippen molar-refractivity contribution in [1.29, 1.82) is 0 Å². The van der Waals surface area contributed by atoms with Crippen LogP contribution in [0.25, 0.3) is 0 Å². The highest BCUT2D eigenvalue weighted by atomic mass is 35.5. The second-order valence-electron chi connectivity index (χ2n) is 4.37. The molecule has 0 aliphatic carbocycles. The molecule has 0 amide bonds. The van der Waals surface area contributed by atoms with E-state index in [0.29, 0.717) is 0 Å². The monoisotopic (exact) mass is 334 g/mol. The highest BCUT2D eigenvalue weighted by Crippen LogP contribution is 2.36. The number of halogens is 2. The van der Waals surface area contributed by atoms with Gasteiger partial charge in [-0.25, -0.2) is 4.98 Å². The van der Waals surface area contributed by atoms with Crippen LogP contribution in [0.2, 0.25) is 8.67 Å². The predicted octanol–water partition coefficient (Wildman–Crippen LogP) is 5.10. The lowest BCUT2D eigenvalue weighted by molar-refractivity contribution is 0.529. The molecule has 2 rings (SSSR count). The molecule has 2 aromatic rings. The molecule has 104 valence electrons. The second kappa shape index (κ2) is 7.04. The lowest BCUT2D eigenvalue weighted by atomic mass is 10.1. The van der Waals surface area contributed by atoms with E-state index < -0.39 is 0 Å². The van der Waals surface area contributed by atoms with Crippen molar-refractivity contribution < 1.29 is 0 Å². The van der Waals surface area contributed by atoms with Crippen LogP contribution in [0.1, 0.15) is 35.7 Å². The number of nitrogens with one attached hydrogen (secondary N) is 1. The zero-order valence-electron chi connectivity index (χ0n) is 10.9. The lowest BCUT2D eigenvalue weighted by Crippen LogP contribution is -2.23. The Kier molecular flexibility index (Phi) is 5.66. The molecule has 6 heteroatoms. The standard InChI is InChI=1S/C13H16Cl2N2S2/c1-3-4-16-10(6-12-17-8(2)7-18-12)9-5-11(14)19-13(9)15/h5,7,10,16H,3-4,6H2,1-2H3. The quantitative estimate of drug-likeness (QED) is 0.794. The third-order valence-electron chi connectivity index (χ3n) is 2.74. The van der Waals surface area contributed by atoms with E-state index in [9.17, 15) is 0 Å². The van der Waals surface area contributed by atoms with Gasteiger partial charge >= 0.3 is 0 Å². The molecule has 0 saturated heterocycles. The normalized spacial score (nSPS) is 12.8. The highest BCUT2D eigenvalue weighted by Gasteiger charge is 2.18. The summed E-state index contributed by atoms with van der Waals surface area (Å²) in [6.07, 6.45) is 1.94. The zero-order chi connectivity index (χ0) is 13.8. The van der Waals surface area contributed by atoms with Crippen LogP contribution in [0.3, 0.4) is 0 Å². The summed E-state index contributed by atoms with van der Waals surface area (Å²) in [5.74, 6) is 0. The maximum Gasteiger partial charge on any atom is 0.0992 e. The average Bonchev–Trinajstić information content (AvgIpc) is 2.91. The first-order chi connectivity index (χ1) is 9.10. The van der Waals surface area contributed by atoms with Crippen molar-refractivity contribution in [2.45, 2.75) is 32.7 Å². The van der Waals surface area contributed by atoms with E-state index in [2.05, 4.69) is 22.6 Å². The Hall–Kier alpha value is -0.130. The molecule has 0 saturated carbocycles. The molecule has 19 heavy (non-hydrogen) atoms. The van der Waals surface area contributed by atoms with Crippen molar-refractivity contribution in [2.24, 2.45) is 0 Å². The molecular weight excluding hydrogens is 319 g/mol. The summed E-state index contributed by atoms with van der Waals surface area (Å²) < 4.78 is 1.51. The van der Waals surface area contributed by atoms with Gasteiger partial charge in [0.25, 0.3) is 0 Å². The molecule has 0 aliphatic heterocycles. The van der Waals surface area contributed by atoms with Crippen LogP contribution in [-0.4, -0.2) is 11.5 Å². The van der Waals surface area contributed by atoms with E-state index in [-0.39, 0.29) is 6.04 Å². The summed E-state index contributed by atoms with van der Waals surface area (Å²) >= 11 is 15.4. The number of thiazole rings is 1. The number of hydrogen-bond donors (Lipinski definition) is 1. The van der Waals surface area contributed by atoms with E-state index in [1.165, 1.54) is 11.3 Å². The number of rotatable bonds is 6. The topological polar surface area (TPSA) is 24.9 Å². The Morgan fingerprint density at radius 2 is 2.21 bits per heavy atom. The van der Waals surface area contributed by atoms with Gasteiger partial charge in [-0.05, 0) is 26.0 Å². The lowest BCUT2D eigenvalue weighted by Gasteiger charge is -2.17. The molecule has 1 N–H and O–H groups in total. The molecule has 0 aliphatic rings. The Balaban J connectivity index is 2.18. The molecule has 1 atom stereocenters. The number of nitrogens with zero attached hydrogens (tertiary/aromatic N) is 1. The molecule has 0 spiro atoms. The summed E-state index contributed by atoms with van der Waals surface area (Å²) in [6.45, 7) is 5.13. The van der Waals surface area contributed by atoms with Gasteiger partial charge in [0.2, 0.25) is 0 Å². The molecule has 0 fully saturated rings. The Bertz CT molecular complexity index is 536. The van der Waals surface area contributed by atoms with Crippen molar-refractivity contribution in [1.82, 2.24) is 10.3 Å². The average molecular weight is 335 g/mol. The summed E-state index contributed by atoms with van der Waals surface area (Å²) in [4.78, 5) is 4.53. The van der Waals surface area contributed by atoms with Gasteiger partial charge in [0, 0.05) is 29.1 Å². The van der Waals surface area contributed by atoms with Crippen molar-refractivity contribution in [3.8, 4) is 0 Å². The second-order valence-corrected chi connectivity index (χ2v) is 7.60. The van der Waals surface area contributed by atoms with Crippen LogP contribution >= 0.6 is 45.9 Å². The van der Waals surface area contributed by atoms with Gasteiger partial charge in [0.1, 0.15) is 0 Å². The van der Waals surface area contributed by atoms with Crippen LogP contribution < -0.4 is 5.32 Å². The number of hydrogen-bond acceptors (Lipinski definition) is 4. The van der Waals surface area contributed by atoms with Crippen LogP contribution in [0, 0.1) is 6.92 Å². The van der Waals surface area contributed by atoms with Gasteiger partial charge in [-0.1, -0.05) is 30.1 Å². The van der Waals surface area contributed by atoms with Gasteiger partial charge in [-0.3, -0.25) is 0 Å². The first kappa shape index (κ1) is 15.3. The third-order valence-corrected chi connectivity index (χ3v) is 5.25. The van der Waals surface area contributed by atoms with Crippen molar-refractivity contribution in [3.63, 3.8) is 0 Å². The van der Waals surface area contributed by atoms with Crippen LogP contribution in [0.15, 0.2) is 11.4 Å². The molecule has 0 bridgehead atoms. The van der Waals surface area contributed by atoms with Gasteiger partial charge in [0.05, 0.1) is 13.7 Å². The summed E-state index contributed by atoms with van der Waals surface area (Å²) in [6, 6.07) is 2.14. The van der Waals surface area contributed by atoms with Crippen molar-refractivity contribution in [3.05, 3.63) is 36.4 Å². The minimum Gasteiger partial charge on any atom is -0.310 e. The van der Waals surface area contributed by atoms with Gasteiger partial charge < -0.3 is 5.32 Å². The predicted molar refractivity (Wildman–Crippen MR) is 85.9 cm³/mol.